The molecule has 328 valence electrons. The van der Waals surface area contributed by atoms with Crippen LogP contribution in [0.1, 0.15) is 46.8 Å². The Bertz CT molecular complexity index is 1810. The van der Waals surface area contributed by atoms with Gasteiger partial charge < -0.3 is 18.9 Å². The van der Waals surface area contributed by atoms with Gasteiger partial charge in [-0.15, -0.1) is 20.4 Å². The van der Waals surface area contributed by atoms with Gasteiger partial charge in [0.1, 0.15) is 10.0 Å². The predicted octanol–water partition coefficient (Wildman–Crippen LogP) is 4.29. The topological polar surface area (TPSA) is 170 Å². The number of aromatic nitrogens is 4. The van der Waals surface area contributed by atoms with Crippen molar-refractivity contribution in [3.8, 4) is 0 Å². The van der Waals surface area contributed by atoms with Crippen LogP contribution in [-0.4, -0.2) is 145 Å². The molecule has 2 amide bonds. The van der Waals surface area contributed by atoms with E-state index in [0.717, 1.165) is 71.9 Å². The summed E-state index contributed by atoms with van der Waals surface area (Å²) in [5.74, 6) is 0.293. The first-order valence-electron chi connectivity index (χ1n) is 20.7. The average molecular weight is 895 g/mol. The summed E-state index contributed by atoms with van der Waals surface area (Å²) in [5, 5.41) is 19.6. The molecular formula is C42H54N8O8S3. The number of amides is 2. The minimum absolute atomic E-state index is 0.132. The highest BCUT2D eigenvalue weighted by Gasteiger charge is 2.24. The van der Waals surface area contributed by atoms with Gasteiger partial charge in [-0.3, -0.25) is 38.8 Å². The quantitative estimate of drug-likeness (QED) is 0.0555. The minimum atomic E-state index is -0.366. The third-order valence-electron chi connectivity index (χ3n) is 9.92. The Hall–Kier alpha value is -4.37. The van der Waals surface area contributed by atoms with E-state index in [1.54, 1.807) is 11.8 Å². The molecular weight excluding hydrogens is 841 g/mol. The van der Waals surface area contributed by atoms with Crippen LogP contribution in [0, 0.1) is 0 Å². The monoisotopic (exact) mass is 894 g/mol. The van der Waals surface area contributed by atoms with E-state index < -0.39 is 0 Å². The van der Waals surface area contributed by atoms with Crippen LogP contribution in [-0.2, 0) is 63.8 Å². The molecule has 2 aliphatic rings. The van der Waals surface area contributed by atoms with E-state index in [1.807, 2.05) is 60.7 Å². The van der Waals surface area contributed by atoms with Crippen molar-refractivity contribution in [1.29, 1.82) is 0 Å². The maximum Gasteiger partial charge on any atom is 0.307 e. The minimum Gasteiger partial charge on any atom is -0.444 e. The molecule has 0 N–H and O–H groups in total. The number of esters is 2. The molecule has 0 spiro atoms. The summed E-state index contributed by atoms with van der Waals surface area (Å²) in [6.45, 7) is 7.35. The van der Waals surface area contributed by atoms with E-state index >= 15 is 0 Å². The van der Waals surface area contributed by atoms with Gasteiger partial charge in [0.25, 0.3) is 0 Å². The molecule has 2 fully saturated rings. The Kier molecular flexibility index (Phi) is 19.3. The molecule has 4 aromatic rings. The summed E-state index contributed by atoms with van der Waals surface area (Å²) in [5.41, 5.74) is 1.69. The lowest BCUT2D eigenvalue weighted by Gasteiger charge is -2.26. The number of hydrogen-bond donors (Lipinski definition) is 0. The molecule has 0 atom stereocenters. The summed E-state index contributed by atoms with van der Waals surface area (Å²) >= 11 is 4.33. The Labute approximate surface area is 368 Å². The van der Waals surface area contributed by atoms with E-state index in [-0.39, 0.29) is 62.9 Å². The molecule has 0 radical (unpaired) electrons. The third-order valence-corrected chi connectivity index (χ3v) is 12.9. The van der Waals surface area contributed by atoms with Gasteiger partial charge in [0.15, 0.2) is 13.5 Å². The number of thioether (sulfide) groups is 1. The van der Waals surface area contributed by atoms with Crippen LogP contribution in [0.25, 0.3) is 0 Å². The van der Waals surface area contributed by atoms with Crippen LogP contribution in [0.3, 0.4) is 0 Å². The van der Waals surface area contributed by atoms with Crippen LogP contribution in [0.4, 0.5) is 10.3 Å². The lowest BCUT2D eigenvalue weighted by molar-refractivity contribution is -0.145. The van der Waals surface area contributed by atoms with E-state index in [9.17, 15) is 19.2 Å². The second-order valence-electron chi connectivity index (χ2n) is 14.4. The van der Waals surface area contributed by atoms with Crippen molar-refractivity contribution in [1.82, 2.24) is 30.2 Å². The summed E-state index contributed by atoms with van der Waals surface area (Å²) in [7, 11) is 0. The normalized spacial score (nSPS) is 14.7. The third kappa shape index (κ3) is 16.1. The molecule has 19 heteroatoms. The van der Waals surface area contributed by atoms with E-state index in [4.69, 9.17) is 18.9 Å². The Morgan fingerprint density at radius 2 is 1.02 bits per heavy atom. The molecule has 16 nitrogen and oxygen atoms in total. The van der Waals surface area contributed by atoms with Crippen molar-refractivity contribution < 1.29 is 38.1 Å². The second kappa shape index (κ2) is 25.5. The maximum absolute atomic E-state index is 13.5. The van der Waals surface area contributed by atoms with Gasteiger partial charge in [-0.25, -0.2) is 0 Å². The maximum atomic E-state index is 13.5. The van der Waals surface area contributed by atoms with Gasteiger partial charge in [0.05, 0.1) is 39.3 Å². The molecule has 2 aromatic heterocycles. The van der Waals surface area contributed by atoms with Gasteiger partial charge in [-0.05, 0) is 48.6 Å². The number of carbonyl (C=O) groups is 4. The fourth-order valence-corrected chi connectivity index (χ4v) is 9.31. The van der Waals surface area contributed by atoms with E-state index in [2.05, 4.69) is 30.2 Å². The highest BCUT2D eigenvalue weighted by Crippen LogP contribution is 2.25. The average Bonchev–Trinajstić information content (AvgIpc) is 3.95. The number of anilines is 2. The number of rotatable bonds is 24. The highest BCUT2D eigenvalue weighted by molar-refractivity contribution is 7.99. The number of benzene rings is 2. The van der Waals surface area contributed by atoms with Crippen LogP contribution < -0.4 is 9.80 Å². The smallest absolute Gasteiger partial charge is 0.307 e. The molecule has 2 saturated heterocycles. The lowest BCUT2D eigenvalue weighted by Crippen LogP contribution is -2.37. The summed E-state index contributed by atoms with van der Waals surface area (Å²) in [6.07, 6.45) is 3.37. The van der Waals surface area contributed by atoms with Crippen LogP contribution in [0.5, 0.6) is 0 Å². The number of carbonyl (C=O) groups excluding carboxylic acids is 4. The second-order valence-corrected chi connectivity index (χ2v) is 17.7. The van der Waals surface area contributed by atoms with Gasteiger partial charge in [0.2, 0.25) is 22.1 Å². The van der Waals surface area contributed by atoms with Gasteiger partial charge in [-0.1, -0.05) is 83.3 Å². The molecule has 0 aliphatic carbocycles. The van der Waals surface area contributed by atoms with Crippen LogP contribution >= 0.6 is 34.4 Å². The summed E-state index contributed by atoms with van der Waals surface area (Å²) in [6, 6.07) is 18.8. The number of hydrogen-bond acceptors (Lipinski definition) is 17. The van der Waals surface area contributed by atoms with Crippen molar-refractivity contribution in [3.05, 3.63) is 81.8 Å². The fraction of sp³-hybridized carbons (Fsp3) is 0.524. The number of morpholine rings is 2. The van der Waals surface area contributed by atoms with Crippen molar-refractivity contribution in [2.75, 3.05) is 100 Å². The number of ether oxygens (including phenoxy) is 4. The summed E-state index contributed by atoms with van der Waals surface area (Å²) < 4.78 is 22.0. The molecule has 0 saturated carbocycles. The van der Waals surface area contributed by atoms with Gasteiger partial charge in [-0.2, -0.15) is 11.8 Å². The van der Waals surface area contributed by atoms with Crippen molar-refractivity contribution in [2.45, 2.75) is 51.4 Å². The zero-order chi connectivity index (χ0) is 42.5. The Morgan fingerprint density at radius 1 is 0.607 bits per heavy atom. The van der Waals surface area contributed by atoms with Gasteiger partial charge in [0, 0.05) is 51.9 Å². The van der Waals surface area contributed by atoms with Gasteiger partial charge >= 0.3 is 11.9 Å². The zero-order valence-electron chi connectivity index (χ0n) is 34.4. The molecule has 4 heterocycles. The molecule has 2 aliphatic heterocycles. The zero-order valence-corrected chi connectivity index (χ0v) is 36.8. The van der Waals surface area contributed by atoms with Crippen molar-refractivity contribution >= 4 is 68.5 Å². The number of aryl methyl sites for hydroxylation is 2. The molecule has 61 heavy (non-hydrogen) atoms. The SMILES string of the molecule is O=C(CCCN1CCOCC1)OCN(C(=O)Cc1ccccc1)c1nnc(CCSCCc2nnc(N(COC(=O)CCCN3CCOCC3)C(=O)Cc3ccccc3)s2)s1. The molecule has 6 rings (SSSR count). The summed E-state index contributed by atoms with van der Waals surface area (Å²) in [4.78, 5) is 59.7. The number of nitrogens with zero attached hydrogens (tertiary/aromatic N) is 8. The lowest BCUT2D eigenvalue weighted by atomic mass is 10.1. The van der Waals surface area contributed by atoms with Crippen LogP contribution in [0.2, 0.25) is 0 Å². The van der Waals surface area contributed by atoms with Crippen molar-refractivity contribution in [3.63, 3.8) is 0 Å². The Morgan fingerprint density at radius 3 is 1.43 bits per heavy atom. The van der Waals surface area contributed by atoms with E-state index in [0.29, 0.717) is 62.4 Å². The first-order valence-corrected chi connectivity index (χ1v) is 23.5. The van der Waals surface area contributed by atoms with Crippen molar-refractivity contribution in [2.24, 2.45) is 0 Å². The predicted molar refractivity (Wildman–Crippen MR) is 235 cm³/mol. The highest BCUT2D eigenvalue weighted by atomic mass is 32.2. The molecule has 0 unspecified atom stereocenters. The molecule has 0 bridgehead atoms. The molecule has 2 aromatic carbocycles. The van der Waals surface area contributed by atoms with Crippen LogP contribution in [0.15, 0.2) is 60.7 Å². The largest absolute Gasteiger partial charge is 0.444 e. The standard InChI is InChI=1S/C42H54N8O8S3/c51-37(29-33-9-3-1-4-10-33)49(31-57-39(53)13-7-17-47-19-23-55-24-20-47)41-45-43-35(60-41)15-27-59-28-16-36-44-46-42(61-36)50(38(52)30-34-11-5-2-6-12-34)32-58-40(54)14-8-18-48-21-25-56-26-22-48/h1-6,9-12H,7-8,13-32H2. The first-order chi connectivity index (χ1) is 29.9. The fourth-order valence-electron chi connectivity index (χ4n) is 6.49. The Balaban J connectivity index is 0.964. The first kappa shape index (κ1) is 46.1. The van der Waals surface area contributed by atoms with E-state index in [1.165, 1.54) is 32.5 Å².